The topological polar surface area (TPSA) is 8.17 Å². The minimum Gasteiger partial charge on any atom is -0.310 e. The number of fused-ring (bicyclic) bond motifs is 5. The van der Waals surface area contributed by atoms with E-state index < -0.39 is 0 Å². The van der Waals surface area contributed by atoms with Crippen LogP contribution >= 0.6 is 0 Å². The molecule has 10 aromatic rings. The van der Waals surface area contributed by atoms with Crippen molar-refractivity contribution in [3.05, 3.63) is 206 Å². The lowest BCUT2D eigenvalue weighted by Gasteiger charge is -2.27. The van der Waals surface area contributed by atoms with Crippen molar-refractivity contribution in [2.24, 2.45) is 0 Å². The van der Waals surface area contributed by atoms with Gasteiger partial charge in [0, 0.05) is 32.9 Å². The average Bonchev–Trinajstić information content (AvgIpc) is 3.55. The van der Waals surface area contributed by atoms with Crippen LogP contribution in [0.4, 0.5) is 17.1 Å². The van der Waals surface area contributed by atoms with Gasteiger partial charge in [-0.25, -0.2) is 0 Å². The first-order chi connectivity index (χ1) is 25.8. The highest BCUT2D eigenvalue weighted by atomic mass is 15.1. The van der Waals surface area contributed by atoms with Gasteiger partial charge in [-0.05, 0) is 87.6 Å². The molecule has 9 aromatic carbocycles. The molecule has 1 heterocycles. The van der Waals surface area contributed by atoms with Gasteiger partial charge in [-0.2, -0.15) is 0 Å². The molecule has 0 bridgehead atoms. The molecule has 0 saturated heterocycles. The monoisotopic (exact) mass is 662 g/mol. The molecule has 0 radical (unpaired) electrons. The zero-order valence-corrected chi connectivity index (χ0v) is 28.5. The summed E-state index contributed by atoms with van der Waals surface area (Å²) in [5.41, 5.74) is 11.8. The Labute approximate surface area is 303 Å². The number of benzene rings is 9. The average molecular weight is 663 g/mol. The summed E-state index contributed by atoms with van der Waals surface area (Å²) in [5.74, 6) is 0. The van der Waals surface area contributed by atoms with Gasteiger partial charge in [0.2, 0.25) is 0 Å². The van der Waals surface area contributed by atoms with Crippen LogP contribution < -0.4 is 4.90 Å². The smallest absolute Gasteiger partial charge is 0.0541 e. The maximum Gasteiger partial charge on any atom is 0.0541 e. The van der Waals surface area contributed by atoms with Gasteiger partial charge < -0.3 is 9.47 Å². The number of rotatable bonds is 6. The fourth-order valence-corrected chi connectivity index (χ4v) is 7.99. The van der Waals surface area contributed by atoms with Crippen molar-refractivity contribution in [2.45, 2.75) is 0 Å². The van der Waals surface area contributed by atoms with Gasteiger partial charge in [0.05, 0.1) is 22.4 Å². The summed E-state index contributed by atoms with van der Waals surface area (Å²) in [7, 11) is 0. The van der Waals surface area contributed by atoms with Crippen molar-refractivity contribution in [2.75, 3.05) is 4.90 Å². The Morgan fingerprint density at radius 2 is 0.865 bits per heavy atom. The molecule has 0 saturated carbocycles. The zero-order chi connectivity index (χ0) is 34.4. The summed E-state index contributed by atoms with van der Waals surface area (Å²) in [6.07, 6.45) is 0. The third-order valence-corrected chi connectivity index (χ3v) is 10.4. The summed E-state index contributed by atoms with van der Waals surface area (Å²) in [6, 6.07) is 74.6. The minimum atomic E-state index is 1.12. The van der Waals surface area contributed by atoms with Crippen molar-refractivity contribution in [1.29, 1.82) is 0 Å². The first kappa shape index (κ1) is 30.0. The predicted octanol–water partition coefficient (Wildman–Crippen LogP) is 13.9. The molecule has 10 rings (SSSR count). The standard InChI is InChI=1S/C50H34N2/c1-2-18-39(19-3-1)51(47-26-12-16-35-14-4-6-22-43(35)47)40-31-28-37(29-32-40)41-20-8-9-21-42(41)38-30-33-50-46(34-38)45-24-10-11-25-49(45)52(50)48-27-13-17-36-15-5-7-23-44(36)48/h1-34H. The van der Waals surface area contributed by atoms with Crippen molar-refractivity contribution < 1.29 is 0 Å². The fourth-order valence-electron chi connectivity index (χ4n) is 7.99. The van der Waals surface area contributed by atoms with E-state index in [2.05, 4.69) is 216 Å². The second-order valence-electron chi connectivity index (χ2n) is 13.3. The fraction of sp³-hybridized carbons (Fsp3) is 0. The summed E-state index contributed by atoms with van der Waals surface area (Å²) >= 11 is 0. The quantitative estimate of drug-likeness (QED) is 0.172. The van der Waals surface area contributed by atoms with Crippen LogP contribution in [0.15, 0.2) is 206 Å². The van der Waals surface area contributed by atoms with Crippen LogP contribution in [0.2, 0.25) is 0 Å². The van der Waals surface area contributed by atoms with Gasteiger partial charge >= 0.3 is 0 Å². The molecular formula is C50H34N2. The van der Waals surface area contributed by atoms with Crippen molar-refractivity contribution in [3.8, 4) is 27.9 Å². The van der Waals surface area contributed by atoms with E-state index >= 15 is 0 Å². The lowest BCUT2D eigenvalue weighted by Crippen LogP contribution is -2.10. The van der Waals surface area contributed by atoms with Crippen LogP contribution in [0.25, 0.3) is 71.3 Å². The third-order valence-electron chi connectivity index (χ3n) is 10.4. The molecule has 0 amide bonds. The van der Waals surface area contributed by atoms with Gasteiger partial charge in [-0.15, -0.1) is 0 Å². The highest BCUT2D eigenvalue weighted by molar-refractivity contribution is 6.12. The van der Waals surface area contributed by atoms with Crippen molar-refractivity contribution in [3.63, 3.8) is 0 Å². The number of nitrogens with zero attached hydrogens (tertiary/aromatic N) is 2. The Hall–Kier alpha value is -6.90. The highest BCUT2D eigenvalue weighted by Gasteiger charge is 2.18. The number of hydrogen-bond acceptors (Lipinski definition) is 1. The predicted molar refractivity (Wildman–Crippen MR) is 221 cm³/mol. The number of anilines is 3. The molecule has 0 aliphatic heterocycles. The van der Waals surface area contributed by atoms with Crippen LogP contribution in [0.3, 0.4) is 0 Å². The van der Waals surface area contributed by atoms with E-state index in [9.17, 15) is 0 Å². The molecule has 0 atom stereocenters. The maximum absolute atomic E-state index is 2.43. The Kier molecular flexibility index (Phi) is 7.18. The molecule has 1 aromatic heterocycles. The molecule has 0 spiro atoms. The van der Waals surface area contributed by atoms with Crippen molar-refractivity contribution in [1.82, 2.24) is 4.57 Å². The molecule has 0 N–H and O–H groups in total. The third kappa shape index (κ3) is 4.96. The van der Waals surface area contributed by atoms with Gasteiger partial charge in [-0.3, -0.25) is 0 Å². The van der Waals surface area contributed by atoms with Crippen molar-refractivity contribution >= 4 is 60.4 Å². The van der Waals surface area contributed by atoms with E-state index in [1.54, 1.807) is 0 Å². The van der Waals surface area contributed by atoms with Crippen LogP contribution in [0, 0.1) is 0 Å². The number of hydrogen-bond donors (Lipinski definition) is 0. The van der Waals surface area contributed by atoms with Crippen LogP contribution in [0.1, 0.15) is 0 Å². The second-order valence-corrected chi connectivity index (χ2v) is 13.3. The minimum absolute atomic E-state index is 1.12. The summed E-state index contributed by atoms with van der Waals surface area (Å²) in [6.45, 7) is 0. The lowest BCUT2D eigenvalue weighted by molar-refractivity contribution is 1.20. The van der Waals surface area contributed by atoms with E-state index in [0.717, 1.165) is 17.1 Å². The van der Waals surface area contributed by atoms with E-state index in [-0.39, 0.29) is 0 Å². The molecule has 2 nitrogen and oxygen atoms in total. The SMILES string of the molecule is c1ccc(N(c2ccc(-c3ccccc3-c3ccc4c(c3)c3ccccc3n4-c3cccc4ccccc34)cc2)c2cccc3ccccc23)cc1. The summed E-state index contributed by atoms with van der Waals surface area (Å²) in [4.78, 5) is 2.36. The number of para-hydroxylation sites is 2. The Balaban J connectivity index is 1.09. The van der Waals surface area contributed by atoms with E-state index in [1.165, 1.54) is 71.3 Å². The maximum atomic E-state index is 2.43. The Morgan fingerprint density at radius 3 is 1.65 bits per heavy atom. The van der Waals surface area contributed by atoms with Gasteiger partial charge in [0.1, 0.15) is 0 Å². The second kappa shape index (κ2) is 12.5. The lowest BCUT2D eigenvalue weighted by atomic mass is 9.93. The number of aromatic nitrogens is 1. The van der Waals surface area contributed by atoms with E-state index in [1.807, 2.05) is 0 Å². The first-order valence-corrected chi connectivity index (χ1v) is 17.9. The molecular weight excluding hydrogens is 629 g/mol. The molecule has 52 heavy (non-hydrogen) atoms. The zero-order valence-electron chi connectivity index (χ0n) is 28.5. The Bertz CT molecular complexity index is 2890. The first-order valence-electron chi connectivity index (χ1n) is 17.9. The molecule has 0 fully saturated rings. The molecule has 0 aliphatic rings. The molecule has 0 aliphatic carbocycles. The highest BCUT2D eigenvalue weighted by Crippen LogP contribution is 2.42. The van der Waals surface area contributed by atoms with Crippen LogP contribution in [-0.4, -0.2) is 4.57 Å². The largest absolute Gasteiger partial charge is 0.310 e. The van der Waals surface area contributed by atoms with E-state index in [4.69, 9.17) is 0 Å². The summed E-state index contributed by atoms with van der Waals surface area (Å²) in [5, 5.41) is 7.44. The summed E-state index contributed by atoms with van der Waals surface area (Å²) < 4.78 is 2.43. The van der Waals surface area contributed by atoms with Gasteiger partial charge in [0.25, 0.3) is 0 Å². The normalized spacial score (nSPS) is 11.5. The molecule has 2 heteroatoms. The Morgan fingerprint density at radius 1 is 0.327 bits per heavy atom. The van der Waals surface area contributed by atoms with E-state index in [0.29, 0.717) is 0 Å². The van der Waals surface area contributed by atoms with Crippen LogP contribution in [0.5, 0.6) is 0 Å². The molecule has 244 valence electrons. The van der Waals surface area contributed by atoms with Crippen LogP contribution in [-0.2, 0) is 0 Å². The van der Waals surface area contributed by atoms with Gasteiger partial charge in [0.15, 0.2) is 0 Å². The molecule has 0 unspecified atom stereocenters. The van der Waals surface area contributed by atoms with Gasteiger partial charge in [-0.1, -0.05) is 152 Å².